The Hall–Kier alpha value is -0.940. The maximum Gasteiger partial charge on any atom is 0.316 e. The smallest absolute Gasteiger partial charge is 0.316 e. The fraction of sp³-hybridized carbons (Fsp3) is 0.600. The first-order chi connectivity index (χ1) is 7.34. The van der Waals surface area contributed by atoms with Gasteiger partial charge in [-0.05, 0) is 19.4 Å². The summed E-state index contributed by atoms with van der Waals surface area (Å²) in [5.74, 6) is -0.446. The van der Waals surface area contributed by atoms with Crippen LogP contribution >= 0.6 is 12.4 Å². The Morgan fingerprint density at radius 2 is 2.12 bits per heavy atom. The molecule has 1 N–H and O–H groups in total. The van der Waals surface area contributed by atoms with Crippen LogP contribution in [0.5, 0.6) is 6.01 Å². The lowest BCUT2D eigenvalue weighted by molar-refractivity contribution is 0.223. The maximum absolute atomic E-state index is 12.5. The number of rotatable bonds is 3. The third-order valence-corrected chi connectivity index (χ3v) is 2.42. The maximum atomic E-state index is 12.5. The van der Waals surface area contributed by atoms with Gasteiger partial charge in [0.1, 0.15) is 6.61 Å². The summed E-state index contributed by atoms with van der Waals surface area (Å²) in [6.07, 6.45) is 5.78. The Balaban J connectivity index is 0.00000128. The summed E-state index contributed by atoms with van der Waals surface area (Å²) in [4.78, 5) is 7.45. The van der Waals surface area contributed by atoms with Crippen LogP contribution in [0.4, 0.5) is 4.39 Å². The van der Waals surface area contributed by atoms with Crippen molar-refractivity contribution < 1.29 is 9.13 Å². The highest BCUT2D eigenvalue weighted by atomic mass is 35.5. The number of halogens is 2. The lowest BCUT2D eigenvalue weighted by Gasteiger charge is -2.22. The fourth-order valence-electron chi connectivity index (χ4n) is 1.62. The molecule has 0 aliphatic carbocycles. The van der Waals surface area contributed by atoms with E-state index < -0.39 is 5.82 Å². The molecule has 1 aromatic heterocycles. The van der Waals surface area contributed by atoms with Crippen molar-refractivity contribution in [3.8, 4) is 6.01 Å². The summed E-state index contributed by atoms with van der Waals surface area (Å²) in [6.45, 7) is 1.59. The minimum absolute atomic E-state index is 0. The van der Waals surface area contributed by atoms with Gasteiger partial charge in [-0.3, -0.25) is 0 Å². The van der Waals surface area contributed by atoms with Gasteiger partial charge in [0.25, 0.3) is 0 Å². The van der Waals surface area contributed by atoms with E-state index in [0.29, 0.717) is 12.6 Å². The van der Waals surface area contributed by atoms with Gasteiger partial charge in [-0.2, -0.15) is 0 Å². The van der Waals surface area contributed by atoms with Gasteiger partial charge in [0, 0.05) is 6.04 Å². The first-order valence-corrected chi connectivity index (χ1v) is 5.18. The molecule has 1 atom stereocenters. The van der Waals surface area contributed by atoms with E-state index in [1.807, 2.05) is 0 Å². The van der Waals surface area contributed by atoms with E-state index in [1.54, 1.807) is 0 Å². The fourth-order valence-corrected chi connectivity index (χ4v) is 1.62. The number of piperidine rings is 1. The van der Waals surface area contributed by atoms with E-state index in [-0.39, 0.29) is 18.4 Å². The van der Waals surface area contributed by atoms with Crippen molar-refractivity contribution in [3.63, 3.8) is 0 Å². The monoisotopic (exact) mass is 247 g/mol. The highest BCUT2D eigenvalue weighted by Crippen LogP contribution is 2.08. The zero-order chi connectivity index (χ0) is 10.5. The van der Waals surface area contributed by atoms with Crippen LogP contribution in [-0.2, 0) is 0 Å². The second kappa shape index (κ2) is 6.60. The molecule has 6 heteroatoms. The average molecular weight is 248 g/mol. The highest BCUT2D eigenvalue weighted by Gasteiger charge is 2.13. The van der Waals surface area contributed by atoms with Crippen LogP contribution < -0.4 is 10.1 Å². The molecular formula is C10H15ClFN3O. The van der Waals surface area contributed by atoms with Crippen LogP contribution in [0.1, 0.15) is 19.3 Å². The molecule has 4 nitrogen and oxygen atoms in total. The molecule has 1 unspecified atom stereocenters. The van der Waals surface area contributed by atoms with Crippen molar-refractivity contribution in [2.75, 3.05) is 13.2 Å². The largest absolute Gasteiger partial charge is 0.462 e. The van der Waals surface area contributed by atoms with Crippen LogP contribution in [0.15, 0.2) is 12.4 Å². The summed E-state index contributed by atoms with van der Waals surface area (Å²) >= 11 is 0. The Morgan fingerprint density at radius 3 is 2.75 bits per heavy atom. The Bertz CT molecular complexity index is 303. The van der Waals surface area contributed by atoms with Gasteiger partial charge < -0.3 is 10.1 Å². The molecule has 2 rings (SSSR count). The van der Waals surface area contributed by atoms with E-state index in [0.717, 1.165) is 25.4 Å². The van der Waals surface area contributed by atoms with E-state index in [1.165, 1.54) is 12.8 Å². The third-order valence-electron chi connectivity index (χ3n) is 2.42. The van der Waals surface area contributed by atoms with Crippen molar-refractivity contribution in [2.24, 2.45) is 0 Å². The van der Waals surface area contributed by atoms with Crippen LogP contribution in [-0.4, -0.2) is 29.2 Å². The molecular weight excluding hydrogens is 233 g/mol. The number of nitrogens with one attached hydrogen (secondary N) is 1. The quantitative estimate of drug-likeness (QED) is 0.881. The molecule has 1 saturated heterocycles. The Kier molecular flexibility index (Phi) is 5.42. The molecule has 0 aromatic carbocycles. The molecule has 0 spiro atoms. The minimum Gasteiger partial charge on any atom is -0.462 e. The highest BCUT2D eigenvalue weighted by molar-refractivity contribution is 5.85. The predicted molar refractivity (Wildman–Crippen MR) is 60.4 cm³/mol. The van der Waals surface area contributed by atoms with Gasteiger partial charge in [-0.25, -0.2) is 14.4 Å². The van der Waals surface area contributed by atoms with Crippen molar-refractivity contribution in [2.45, 2.75) is 25.3 Å². The average Bonchev–Trinajstić information content (AvgIpc) is 2.30. The summed E-state index contributed by atoms with van der Waals surface area (Å²) in [6, 6.07) is 0.608. The normalized spacial score (nSPS) is 19.9. The van der Waals surface area contributed by atoms with E-state index >= 15 is 0 Å². The summed E-state index contributed by atoms with van der Waals surface area (Å²) < 4.78 is 17.8. The third kappa shape index (κ3) is 3.90. The molecule has 1 fully saturated rings. The molecule has 0 saturated carbocycles. The lowest BCUT2D eigenvalue weighted by Crippen LogP contribution is -2.38. The minimum atomic E-state index is -0.446. The molecule has 1 aliphatic heterocycles. The first kappa shape index (κ1) is 13.1. The van der Waals surface area contributed by atoms with Crippen molar-refractivity contribution >= 4 is 12.4 Å². The molecule has 0 radical (unpaired) electrons. The molecule has 16 heavy (non-hydrogen) atoms. The lowest BCUT2D eigenvalue weighted by atomic mass is 10.1. The SMILES string of the molecule is Cl.Fc1cnc(OCC2CCCCN2)nc1. The topological polar surface area (TPSA) is 47.0 Å². The molecule has 0 bridgehead atoms. The number of ether oxygens (including phenoxy) is 1. The number of aromatic nitrogens is 2. The van der Waals surface area contributed by atoms with Gasteiger partial charge in [-0.1, -0.05) is 6.42 Å². The van der Waals surface area contributed by atoms with Crippen LogP contribution in [0.25, 0.3) is 0 Å². The van der Waals surface area contributed by atoms with E-state index in [2.05, 4.69) is 15.3 Å². The second-order valence-corrected chi connectivity index (χ2v) is 3.64. The Labute approximate surface area is 100 Å². The summed E-state index contributed by atoms with van der Waals surface area (Å²) in [5, 5.41) is 3.35. The summed E-state index contributed by atoms with van der Waals surface area (Å²) in [5.41, 5.74) is 0. The molecule has 1 aromatic rings. The first-order valence-electron chi connectivity index (χ1n) is 5.18. The molecule has 2 heterocycles. The number of nitrogens with zero attached hydrogens (tertiary/aromatic N) is 2. The van der Waals surface area contributed by atoms with Gasteiger partial charge in [0.15, 0.2) is 5.82 Å². The standard InChI is InChI=1S/C10H14FN3O.ClH/c11-8-5-13-10(14-6-8)15-7-9-3-1-2-4-12-9;/h5-6,9,12H,1-4,7H2;1H. The van der Waals surface area contributed by atoms with Crippen LogP contribution in [0.3, 0.4) is 0 Å². The van der Waals surface area contributed by atoms with Gasteiger partial charge in [-0.15, -0.1) is 12.4 Å². The van der Waals surface area contributed by atoms with Gasteiger partial charge in [0.2, 0.25) is 0 Å². The molecule has 90 valence electrons. The second-order valence-electron chi connectivity index (χ2n) is 3.64. The van der Waals surface area contributed by atoms with Crippen LogP contribution in [0, 0.1) is 5.82 Å². The molecule has 1 aliphatic rings. The summed E-state index contributed by atoms with van der Waals surface area (Å²) in [7, 11) is 0. The van der Waals surface area contributed by atoms with Gasteiger partial charge >= 0.3 is 6.01 Å². The number of hydrogen-bond acceptors (Lipinski definition) is 4. The Morgan fingerprint density at radius 1 is 1.38 bits per heavy atom. The van der Waals surface area contributed by atoms with Crippen molar-refractivity contribution in [1.29, 1.82) is 0 Å². The zero-order valence-corrected chi connectivity index (χ0v) is 9.67. The number of hydrogen-bond donors (Lipinski definition) is 1. The predicted octanol–water partition coefficient (Wildman–Crippen LogP) is 1.56. The van der Waals surface area contributed by atoms with E-state index in [9.17, 15) is 4.39 Å². The molecule has 0 amide bonds. The van der Waals surface area contributed by atoms with Crippen LogP contribution in [0.2, 0.25) is 0 Å². The van der Waals surface area contributed by atoms with E-state index in [4.69, 9.17) is 4.74 Å². The van der Waals surface area contributed by atoms with Crippen molar-refractivity contribution in [1.82, 2.24) is 15.3 Å². The van der Waals surface area contributed by atoms with Crippen molar-refractivity contribution in [3.05, 3.63) is 18.2 Å². The van der Waals surface area contributed by atoms with Gasteiger partial charge in [0.05, 0.1) is 12.4 Å². The zero-order valence-electron chi connectivity index (χ0n) is 8.86.